The molecule has 22 heavy (non-hydrogen) atoms. The Morgan fingerprint density at radius 1 is 1.32 bits per heavy atom. The summed E-state index contributed by atoms with van der Waals surface area (Å²) in [6, 6.07) is 9.79. The second kappa shape index (κ2) is 6.95. The summed E-state index contributed by atoms with van der Waals surface area (Å²) in [5, 5.41) is 7.26. The SMILES string of the molecule is C#CC(CC)(CC)NC(=O)Cc1cnn(-c2ccccc2)c1. The average molecular weight is 295 g/mol. The standard InChI is InChI=1S/C18H21N3O/c1-4-18(5-2,6-3)20-17(22)12-15-13-19-21(14-15)16-10-8-7-9-11-16/h1,7-11,13-14H,5-6,12H2,2-3H3,(H,20,22). The Morgan fingerprint density at radius 2 is 2.00 bits per heavy atom. The molecule has 1 heterocycles. The highest BCUT2D eigenvalue weighted by Gasteiger charge is 2.25. The zero-order chi connectivity index (χ0) is 16.0. The zero-order valence-corrected chi connectivity index (χ0v) is 13.0. The lowest BCUT2D eigenvalue weighted by Crippen LogP contribution is -2.47. The molecular weight excluding hydrogens is 274 g/mol. The maximum Gasteiger partial charge on any atom is 0.225 e. The van der Waals surface area contributed by atoms with Crippen LogP contribution in [-0.2, 0) is 11.2 Å². The van der Waals surface area contributed by atoms with E-state index in [2.05, 4.69) is 16.3 Å². The number of carbonyl (C=O) groups is 1. The fraction of sp³-hybridized carbons (Fsp3) is 0.333. The van der Waals surface area contributed by atoms with Crippen LogP contribution < -0.4 is 5.32 Å². The number of carbonyl (C=O) groups excluding carboxylic acids is 1. The van der Waals surface area contributed by atoms with E-state index in [-0.39, 0.29) is 12.3 Å². The first kappa shape index (κ1) is 15.8. The highest BCUT2D eigenvalue weighted by atomic mass is 16.1. The lowest BCUT2D eigenvalue weighted by molar-refractivity contribution is -0.121. The van der Waals surface area contributed by atoms with Crippen LogP contribution in [0.2, 0.25) is 0 Å². The molecule has 0 bridgehead atoms. The van der Waals surface area contributed by atoms with Gasteiger partial charge in [-0.1, -0.05) is 38.0 Å². The lowest BCUT2D eigenvalue weighted by atomic mass is 9.93. The van der Waals surface area contributed by atoms with Gasteiger partial charge in [0.2, 0.25) is 5.91 Å². The number of amides is 1. The first-order chi connectivity index (χ1) is 10.6. The van der Waals surface area contributed by atoms with E-state index in [1.807, 2.05) is 50.4 Å². The van der Waals surface area contributed by atoms with E-state index in [0.29, 0.717) is 0 Å². The first-order valence-electron chi connectivity index (χ1n) is 7.50. The quantitative estimate of drug-likeness (QED) is 0.833. The molecule has 1 aromatic carbocycles. The van der Waals surface area contributed by atoms with Gasteiger partial charge in [-0.3, -0.25) is 4.79 Å². The van der Waals surface area contributed by atoms with Crippen molar-refractivity contribution in [1.29, 1.82) is 0 Å². The van der Waals surface area contributed by atoms with E-state index >= 15 is 0 Å². The lowest BCUT2D eigenvalue weighted by Gasteiger charge is -2.26. The minimum absolute atomic E-state index is 0.0748. The summed E-state index contributed by atoms with van der Waals surface area (Å²) < 4.78 is 1.76. The van der Waals surface area contributed by atoms with E-state index < -0.39 is 5.54 Å². The summed E-state index contributed by atoms with van der Waals surface area (Å²) in [4.78, 5) is 12.2. The highest BCUT2D eigenvalue weighted by Crippen LogP contribution is 2.14. The third-order valence-corrected chi connectivity index (χ3v) is 3.88. The van der Waals surface area contributed by atoms with Crippen molar-refractivity contribution in [3.05, 3.63) is 48.3 Å². The van der Waals surface area contributed by atoms with Gasteiger partial charge in [0.05, 0.1) is 18.3 Å². The molecule has 0 saturated heterocycles. The maximum absolute atomic E-state index is 12.2. The fourth-order valence-electron chi connectivity index (χ4n) is 2.34. The molecule has 0 spiro atoms. The first-order valence-corrected chi connectivity index (χ1v) is 7.50. The van der Waals surface area contributed by atoms with Crippen molar-refractivity contribution in [2.45, 2.75) is 38.6 Å². The summed E-state index contributed by atoms with van der Waals surface area (Å²) in [6.07, 6.45) is 10.9. The number of nitrogens with zero attached hydrogens (tertiary/aromatic N) is 2. The van der Waals surface area contributed by atoms with Crippen molar-refractivity contribution in [2.24, 2.45) is 0 Å². The Morgan fingerprint density at radius 3 is 2.59 bits per heavy atom. The van der Waals surface area contributed by atoms with Gasteiger partial charge in [-0.05, 0) is 30.5 Å². The molecule has 0 radical (unpaired) electrons. The number of aromatic nitrogens is 2. The van der Waals surface area contributed by atoms with E-state index in [4.69, 9.17) is 6.42 Å². The molecular formula is C18H21N3O. The second-order valence-corrected chi connectivity index (χ2v) is 5.29. The van der Waals surface area contributed by atoms with Gasteiger partial charge in [0.1, 0.15) is 5.54 Å². The molecule has 0 unspecified atom stereocenters. The summed E-state index contributed by atoms with van der Waals surface area (Å²) in [7, 11) is 0. The van der Waals surface area contributed by atoms with E-state index in [9.17, 15) is 4.79 Å². The topological polar surface area (TPSA) is 46.9 Å². The summed E-state index contributed by atoms with van der Waals surface area (Å²) in [5.41, 5.74) is 1.28. The van der Waals surface area contributed by atoms with Gasteiger partial charge in [-0.15, -0.1) is 6.42 Å². The monoisotopic (exact) mass is 295 g/mol. The molecule has 0 aliphatic heterocycles. The van der Waals surface area contributed by atoms with Crippen LogP contribution in [0.4, 0.5) is 0 Å². The Balaban J connectivity index is 2.04. The number of hydrogen-bond donors (Lipinski definition) is 1. The van der Waals surface area contributed by atoms with Crippen molar-refractivity contribution in [3.63, 3.8) is 0 Å². The molecule has 1 N–H and O–H groups in total. The molecule has 0 aliphatic rings. The van der Waals surface area contributed by atoms with Crippen molar-refractivity contribution in [2.75, 3.05) is 0 Å². The molecule has 0 aliphatic carbocycles. The third kappa shape index (κ3) is 3.56. The number of terminal acetylenes is 1. The van der Waals surface area contributed by atoms with E-state index in [1.165, 1.54) is 0 Å². The minimum Gasteiger partial charge on any atom is -0.340 e. The van der Waals surface area contributed by atoms with Gasteiger partial charge in [0.25, 0.3) is 0 Å². The second-order valence-electron chi connectivity index (χ2n) is 5.29. The molecule has 2 rings (SSSR count). The average Bonchev–Trinajstić information content (AvgIpc) is 3.02. The Labute approximate surface area is 131 Å². The van der Waals surface area contributed by atoms with Crippen LogP contribution in [0.3, 0.4) is 0 Å². The predicted molar refractivity (Wildman–Crippen MR) is 87.6 cm³/mol. The van der Waals surface area contributed by atoms with Crippen LogP contribution in [0.25, 0.3) is 5.69 Å². The van der Waals surface area contributed by atoms with Crippen molar-refractivity contribution in [3.8, 4) is 18.0 Å². The Kier molecular flexibility index (Phi) is 5.00. The van der Waals surface area contributed by atoms with Gasteiger partial charge in [0, 0.05) is 6.20 Å². The van der Waals surface area contributed by atoms with Crippen LogP contribution in [0.15, 0.2) is 42.7 Å². The molecule has 0 fully saturated rings. The van der Waals surface area contributed by atoms with Crippen molar-refractivity contribution >= 4 is 5.91 Å². The highest BCUT2D eigenvalue weighted by molar-refractivity contribution is 5.79. The van der Waals surface area contributed by atoms with Gasteiger partial charge < -0.3 is 5.32 Å². The van der Waals surface area contributed by atoms with Crippen LogP contribution in [-0.4, -0.2) is 21.2 Å². The molecule has 1 aromatic heterocycles. The van der Waals surface area contributed by atoms with Crippen LogP contribution >= 0.6 is 0 Å². The van der Waals surface area contributed by atoms with Gasteiger partial charge in [-0.25, -0.2) is 4.68 Å². The number of para-hydroxylation sites is 1. The molecule has 1 amide bonds. The van der Waals surface area contributed by atoms with Crippen LogP contribution in [0.5, 0.6) is 0 Å². The number of hydrogen-bond acceptors (Lipinski definition) is 2. The number of benzene rings is 1. The summed E-state index contributed by atoms with van der Waals surface area (Å²) >= 11 is 0. The summed E-state index contributed by atoms with van der Waals surface area (Å²) in [6.45, 7) is 3.97. The molecule has 0 saturated carbocycles. The Hall–Kier alpha value is -2.54. The van der Waals surface area contributed by atoms with Gasteiger partial charge in [-0.2, -0.15) is 5.10 Å². The summed E-state index contributed by atoms with van der Waals surface area (Å²) in [5.74, 6) is 2.64. The van der Waals surface area contributed by atoms with E-state index in [1.54, 1.807) is 10.9 Å². The van der Waals surface area contributed by atoms with Crippen molar-refractivity contribution in [1.82, 2.24) is 15.1 Å². The largest absolute Gasteiger partial charge is 0.340 e. The number of nitrogens with one attached hydrogen (secondary N) is 1. The van der Waals surface area contributed by atoms with Crippen molar-refractivity contribution < 1.29 is 4.79 Å². The molecule has 4 heteroatoms. The fourth-order valence-corrected chi connectivity index (χ4v) is 2.34. The van der Waals surface area contributed by atoms with Gasteiger partial charge in [0.15, 0.2) is 0 Å². The minimum atomic E-state index is -0.549. The van der Waals surface area contributed by atoms with Gasteiger partial charge >= 0.3 is 0 Å². The third-order valence-electron chi connectivity index (χ3n) is 3.88. The Bertz CT molecular complexity index is 663. The number of rotatable bonds is 6. The van der Waals surface area contributed by atoms with Crippen LogP contribution in [0.1, 0.15) is 32.3 Å². The molecule has 2 aromatic rings. The normalized spacial score (nSPS) is 11.0. The zero-order valence-electron chi connectivity index (χ0n) is 13.0. The molecule has 114 valence electrons. The molecule has 0 atom stereocenters. The smallest absolute Gasteiger partial charge is 0.225 e. The maximum atomic E-state index is 12.2. The molecule has 4 nitrogen and oxygen atoms in total. The van der Waals surface area contributed by atoms with E-state index in [0.717, 1.165) is 24.1 Å². The predicted octanol–water partition coefficient (Wildman–Crippen LogP) is 2.72. The van der Waals surface area contributed by atoms with Crippen LogP contribution in [0, 0.1) is 12.3 Å².